The van der Waals surface area contributed by atoms with Crippen molar-refractivity contribution in [2.45, 2.75) is 12.7 Å². The van der Waals surface area contributed by atoms with E-state index < -0.39 is 16.8 Å². The summed E-state index contributed by atoms with van der Waals surface area (Å²) in [7, 11) is 1.56. The van der Waals surface area contributed by atoms with Gasteiger partial charge >= 0.3 is 6.18 Å². The highest BCUT2D eigenvalue weighted by molar-refractivity contribution is 6.31. The van der Waals surface area contributed by atoms with Crippen molar-refractivity contribution >= 4 is 23.1 Å². The largest absolute Gasteiger partial charge is 0.435 e. The molecule has 0 N–H and O–H groups in total. The number of rotatable bonds is 4. The molecule has 0 saturated heterocycles. The summed E-state index contributed by atoms with van der Waals surface area (Å²) >= 11 is 5.98. The molecule has 122 valence electrons. The quantitative estimate of drug-likeness (QED) is 0.623. The molecule has 6 nitrogen and oxygen atoms in total. The number of nitro groups is 1. The van der Waals surface area contributed by atoms with Gasteiger partial charge in [0.1, 0.15) is 0 Å². The monoisotopic (exact) mass is 346 g/mol. The van der Waals surface area contributed by atoms with Crippen molar-refractivity contribution in [1.82, 2.24) is 10.2 Å². The van der Waals surface area contributed by atoms with Crippen molar-refractivity contribution in [3.8, 4) is 0 Å². The Morgan fingerprint density at radius 1 is 1.26 bits per heavy atom. The summed E-state index contributed by atoms with van der Waals surface area (Å²) in [5, 5.41) is 17.7. The summed E-state index contributed by atoms with van der Waals surface area (Å²) in [5.74, 6) is 0.181. The van der Waals surface area contributed by atoms with Gasteiger partial charge in [-0.3, -0.25) is 10.1 Å². The highest BCUT2D eigenvalue weighted by atomic mass is 35.5. The summed E-state index contributed by atoms with van der Waals surface area (Å²) in [6.07, 6.45) is -4.56. The highest BCUT2D eigenvalue weighted by Gasteiger charge is 2.33. The Morgan fingerprint density at radius 2 is 1.96 bits per heavy atom. The molecule has 0 aliphatic carbocycles. The number of nitrogens with zero attached hydrogens (tertiary/aromatic N) is 4. The lowest BCUT2D eigenvalue weighted by Crippen LogP contribution is -2.19. The van der Waals surface area contributed by atoms with Gasteiger partial charge < -0.3 is 4.90 Å². The van der Waals surface area contributed by atoms with E-state index in [-0.39, 0.29) is 18.1 Å². The fourth-order valence-electron chi connectivity index (χ4n) is 1.81. The molecule has 2 aromatic rings. The molecule has 0 radical (unpaired) electrons. The Bertz CT molecular complexity index is 722. The lowest BCUT2D eigenvalue weighted by molar-refractivity contribution is -0.384. The zero-order valence-corrected chi connectivity index (χ0v) is 12.5. The van der Waals surface area contributed by atoms with Crippen LogP contribution in [-0.4, -0.2) is 22.2 Å². The van der Waals surface area contributed by atoms with Crippen LogP contribution >= 0.6 is 11.6 Å². The lowest BCUT2D eigenvalue weighted by atomic mass is 10.2. The van der Waals surface area contributed by atoms with Gasteiger partial charge in [-0.15, -0.1) is 10.2 Å². The van der Waals surface area contributed by atoms with Gasteiger partial charge in [-0.05, 0) is 23.8 Å². The first-order valence-corrected chi connectivity index (χ1v) is 6.61. The first kappa shape index (κ1) is 16.9. The van der Waals surface area contributed by atoms with Gasteiger partial charge in [-0.2, -0.15) is 13.2 Å². The first-order chi connectivity index (χ1) is 10.7. The van der Waals surface area contributed by atoms with Crippen molar-refractivity contribution in [3.63, 3.8) is 0 Å². The van der Waals surface area contributed by atoms with E-state index in [4.69, 9.17) is 11.6 Å². The molecule has 0 spiro atoms. The van der Waals surface area contributed by atoms with Crippen LogP contribution in [0.15, 0.2) is 30.3 Å². The van der Waals surface area contributed by atoms with Gasteiger partial charge in [0.05, 0.1) is 4.92 Å². The van der Waals surface area contributed by atoms with E-state index in [0.29, 0.717) is 10.6 Å². The Labute approximate surface area is 133 Å². The molecule has 2 rings (SSSR count). The molecule has 1 heterocycles. The Hall–Kier alpha value is -2.42. The molecule has 0 bridgehead atoms. The molecule has 0 amide bonds. The van der Waals surface area contributed by atoms with E-state index in [1.165, 1.54) is 29.2 Å². The third-order valence-corrected chi connectivity index (χ3v) is 3.35. The Balaban J connectivity index is 2.20. The van der Waals surface area contributed by atoms with Gasteiger partial charge in [-0.1, -0.05) is 11.6 Å². The number of anilines is 1. The van der Waals surface area contributed by atoms with Crippen molar-refractivity contribution in [2.75, 3.05) is 11.9 Å². The Morgan fingerprint density at radius 3 is 2.48 bits per heavy atom. The molecule has 10 heteroatoms. The van der Waals surface area contributed by atoms with Gasteiger partial charge in [0, 0.05) is 30.7 Å². The number of nitro benzene ring substituents is 1. The van der Waals surface area contributed by atoms with Crippen molar-refractivity contribution in [2.24, 2.45) is 0 Å². The number of hydrogen-bond donors (Lipinski definition) is 0. The normalized spacial score (nSPS) is 11.3. The molecule has 0 saturated carbocycles. The van der Waals surface area contributed by atoms with Crippen LogP contribution in [0, 0.1) is 10.1 Å². The molecule has 0 fully saturated rings. The summed E-state index contributed by atoms with van der Waals surface area (Å²) < 4.78 is 37.3. The maximum Gasteiger partial charge on any atom is 0.435 e. The maximum absolute atomic E-state index is 12.4. The predicted molar refractivity (Wildman–Crippen MR) is 77.2 cm³/mol. The summed E-state index contributed by atoms with van der Waals surface area (Å²) in [6.45, 7) is 0.126. The van der Waals surface area contributed by atoms with Crippen molar-refractivity contribution < 1.29 is 18.1 Å². The van der Waals surface area contributed by atoms with Crippen LogP contribution in [0.1, 0.15) is 11.3 Å². The minimum absolute atomic E-state index is 0.126. The van der Waals surface area contributed by atoms with Crippen LogP contribution in [0.2, 0.25) is 5.02 Å². The predicted octanol–water partition coefficient (Wildman–Crippen LogP) is 3.69. The van der Waals surface area contributed by atoms with Crippen LogP contribution < -0.4 is 4.90 Å². The third-order valence-electron chi connectivity index (χ3n) is 2.98. The van der Waals surface area contributed by atoms with Crippen LogP contribution in [-0.2, 0) is 12.7 Å². The average molecular weight is 347 g/mol. The molecule has 0 unspecified atom stereocenters. The van der Waals surface area contributed by atoms with E-state index in [1.54, 1.807) is 7.05 Å². The summed E-state index contributed by atoms with van der Waals surface area (Å²) in [6, 6.07) is 5.94. The van der Waals surface area contributed by atoms with Crippen LogP contribution in [0.4, 0.5) is 24.7 Å². The number of non-ortho nitro benzene ring substituents is 1. The number of benzene rings is 1. The number of halogens is 4. The van der Waals surface area contributed by atoms with Crippen LogP contribution in [0.25, 0.3) is 0 Å². The zero-order valence-electron chi connectivity index (χ0n) is 11.7. The molecule has 0 aliphatic heterocycles. The second kappa shape index (κ2) is 6.37. The van der Waals surface area contributed by atoms with E-state index in [2.05, 4.69) is 10.2 Å². The molecule has 0 atom stereocenters. The lowest BCUT2D eigenvalue weighted by Gasteiger charge is -2.18. The van der Waals surface area contributed by atoms with Gasteiger partial charge in [0.15, 0.2) is 11.5 Å². The minimum Gasteiger partial charge on any atom is -0.354 e. The van der Waals surface area contributed by atoms with Gasteiger partial charge in [0.2, 0.25) is 0 Å². The Kier molecular flexibility index (Phi) is 4.69. The number of alkyl halides is 3. The van der Waals surface area contributed by atoms with Gasteiger partial charge in [0.25, 0.3) is 5.69 Å². The molecule has 23 heavy (non-hydrogen) atoms. The second-order valence-corrected chi connectivity index (χ2v) is 5.07. The van der Waals surface area contributed by atoms with Crippen LogP contribution in [0.5, 0.6) is 0 Å². The fourth-order valence-corrected chi connectivity index (χ4v) is 1.99. The van der Waals surface area contributed by atoms with Crippen molar-refractivity contribution in [3.05, 3.63) is 56.7 Å². The molecule has 1 aromatic heterocycles. The average Bonchev–Trinajstić information content (AvgIpc) is 2.48. The zero-order chi connectivity index (χ0) is 17.2. The van der Waals surface area contributed by atoms with E-state index >= 15 is 0 Å². The molecule has 0 aliphatic rings. The summed E-state index contributed by atoms with van der Waals surface area (Å²) in [5.41, 5.74) is -0.774. The first-order valence-electron chi connectivity index (χ1n) is 6.23. The SMILES string of the molecule is CN(Cc1cc([N+](=O)[O-])ccc1Cl)c1ccc(C(F)(F)F)nn1. The van der Waals surface area contributed by atoms with E-state index in [9.17, 15) is 23.3 Å². The molecular formula is C13H10ClF3N4O2. The van der Waals surface area contributed by atoms with Gasteiger partial charge in [-0.25, -0.2) is 0 Å². The minimum atomic E-state index is -4.56. The highest BCUT2D eigenvalue weighted by Crippen LogP contribution is 2.28. The fraction of sp³-hybridized carbons (Fsp3) is 0.231. The standard InChI is InChI=1S/C13H10ClF3N4O2/c1-20(12-5-4-11(18-19-12)13(15,16)17)7-8-6-9(21(22)23)2-3-10(8)14/h2-6H,7H2,1H3. The topological polar surface area (TPSA) is 72.2 Å². The molecular weight excluding hydrogens is 337 g/mol. The van der Waals surface area contributed by atoms with Crippen LogP contribution in [0.3, 0.4) is 0 Å². The third kappa shape index (κ3) is 4.07. The van der Waals surface area contributed by atoms with Crippen molar-refractivity contribution in [1.29, 1.82) is 0 Å². The smallest absolute Gasteiger partial charge is 0.354 e. The summed E-state index contributed by atoms with van der Waals surface area (Å²) in [4.78, 5) is 11.7. The molecule has 1 aromatic carbocycles. The van der Waals surface area contributed by atoms with E-state index in [0.717, 1.165) is 6.07 Å². The maximum atomic E-state index is 12.4. The number of hydrogen-bond acceptors (Lipinski definition) is 5. The number of aromatic nitrogens is 2. The second-order valence-electron chi connectivity index (χ2n) is 4.66. The van der Waals surface area contributed by atoms with E-state index in [1.807, 2.05) is 0 Å².